The summed E-state index contributed by atoms with van der Waals surface area (Å²) in [6.07, 6.45) is 0. The summed E-state index contributed by atoms with van der Waals surface area (Å²) in [6, 6.07) is 5.36. The maximum Gasteiger partial charge on any atom is 0.238 e. The molecule has 6 heteroatoms. The Morgan fingerprint density at radius 2 is 1.85 bits per heavy atom. The van der Waals surface area contributed by atoms with Crippen molar-refractivity contribution in [3.05, 3.63) is 23.8 Å². The largest absolute Gasteiger partial charge is 0.399 e. The fourth-order valence-corrected chi connectivity index (χ4v) is 1.64. The molecule has 1 aromatic carbocycles. The van der Waals surface area contributed by atoms with Gasteiger partial charge in [0.05, 0.1) is 13.1 Å². The van der Waals surface area contributed by atoms with E-state index in [0.29, 0.717) is 11.4 Å². The number of likely N-dealkylation sites (N-methyl/N-ethyl adjacent to an activating group) is 2. The summed E-state index contributed by atoms with van der Waals surface area (Å²) in [5.41, 5.74) is 7.93. The number of nitrogen functional groups attached to an aromatic ring is 1. The summed E-state index contributed by atoms with van der Waals surface area (Å²) < 4.78 is 0. The Kier molecular flexibility index (Phi) is 5.52. The van der Waals surface area contributed by atoms with E-state index in [2.05, 4.69) is 5.32 Å². The second kappa shape index (κ2) is 6.91. The SMILES string of the molecule is Cc1ccc(N)cc1NC(=O)CN(C)CC(=O)N(C)C. The first-order chi connectivity index (χ1) is 9.29. The number of nitrogens with two attached hydrogens (primary N) is 1. The minimum absolute atomic E-state index is 0.0413. The first-order valence-electron chi connectivity index (χ1n) is 6.34. The number of hydrogen-bond donors (Lipinski definition) is 2. The number of benzene rings is 1. The third-order valence-corrected chi connectivity index (χ3v) is 2.85. The highest BCUT2D eigenvalue weighted by Crippen LogP contribution is 2.17. The Morgan fingerprint density at radius 3 is 2.45 bits per heavy atom. The van der Waals surface area contributed by atoms with Gasteiger partial charge in [-0.1, -0.05) is 6.07 Å². The van der Waals surface area contributed by atoms with Gasteiger partial charge in [0.1, 0.15) is 0 Å². The van der Waals surface area contributed by atoms with Crippen LogP contribution in [0.3, 0.4) is 0 Å². The smallest absolute Gasteiger partial charge is 0.238 e. The van der Waals surface area contributed by atoms with E-state index in [1.165, 1.54) is 4.90 Å². The van der Waals surface area contributed by atoms with E-state index >= 15 is 0 Å². The molecule has 2 amide bonds. The minimum Gasteiger partial charge on any atom is -0.399 e. The van der Waals surface area contributed by atoms with Gasteiger partial charge < -0.3 is 16.0 Å². The van der Waals surface area contributed by atoms with Gasteiger partial charge in [0.15, 0.2) is 0 Å². The van der Waals surface area contributed by atoms with Crippen molar-refractivity contribution in [2.75, 3.05) is 45.3 Å². The summed E-state index contributed by atoms with van der Waals surface area (Å²) in [4.78, 5) is 26.6. The summed E-state index contributed by atoms with van der Waals surface area (Å²) in [7, 11) is 5.10. The number of amides is 2. The number of nitrogens with one attached hydrogen (secondary N) is 1. The number of carbonyl (C=O) groups excluding carboxylic acids is 2. The van der Waals surface area contributed by atoms with E-state index in [-0.39, 0.29) is 24.9 Å². The molecular weight excluding hydrogens is 256 g/mol. The maximum absolute atomic E-state index is 11.9. The van der Waals surface area contributed by atoms with Crippen molar-refractivity contribution < 1.29 is 9.59 Å². The Balaban J connectivity index is 2.55. The molecule has 6 nitrogen and oxygen atoms in total. The predicted octanol–water partition coefficient (Wildman–Crippen LogP) is 0.536. The van der Waals surface area contributed by atoms with Gasteiger partial charge >= 0.3 is 0 Å². The highest BCUT2D eigenvalue weighted by Gasteiger charge is 2.12. The zero-order valence-corrected chi connectivity index (χ0v) is 12.4. The fraction of sp³-hybridized carbons (Fsp3) is 0.429. The number of anilines is 2. The quantitative estimate of drug-likeness (QED) is 0.770. The Morgan fingerprint density at radius 1 is 1.20 bits per heavy atom. The molecule has 0 fully saturated rings. The van der Waals surface area contributed by atoms with E-state index < -0.39 is 0 Å². The molecule has 0 aliphatic carbocycles. The van der Waals surface area contributed by atoms with Gasteiger partial charge in [-0.3, -0.25) is 14.5 Å². The number of aryl methyl sites for hydroxylation is 1. The molecule has 0 aromatic heterocycles. The normalized spacial score (nSPS) is 10.4. The molecule has 0 unspecified atom stereocenters. The summed E-state index contributed by atoms with van der Waals surface area (Å²) in [5, 5.41) is 2.80. The summed E-state index contributed by atoms with van der Waals surface area (Å²) in [5.74, 6) is -0.215. The van der Waals surface area contributed by atoms with Crippen LogP contribution in [0, 0.1) is 6.92 Å². The van der Waals surface area contributed by atoms with Crippen LogP contribution >= 0.6 is 0 Å². The van der Waals surface area contributed by atoms with Gasteiger partial charge in [-0.2, -0.15) is 0 Å². The fourth-order valence-electron chi connectivity index (χ4n) is 1.64. The van der Waals surface area contributed by atoms with Gasteiger partial charge in [-0.05, 0) is 31.7 Å². The highest BCUT2D eigenvalue weighted by atomic mass is 16.2. The average Bonchev–Trinajstić information content (AvgIpc) is 2.33. The zero-order valence-electron chi connectivity index (χ0n) is 12.4. The van der Waals surface area contributed by atoms with Gasteiger partial charge in [0, 0.05) is 25.5 Å². The Bertz CT molecular complexity index is 500. The lowest BCUT2D eigenvalue weighted by Gasteiger charge is -2.18. The van der Waals surface area contributed by atoms with Gasteiger partial charge in [0.2, 0.25) is 11.8 Å². The highest BCUT2D eigenvalue weighted by molar-refractivity contribution is 5.93. The summed E-state index contributed by atoms with van der Waals surface area (Å²) in [6.45, 7) is 2.25. The van der Waals surface area contributed by atoms with Crippen molar-refractivity contribution in [2.45, 2.75) is 6.92 Å². The Hall–Kier alpha value is -2.08. The molecule has 0 radical (unpaired) electrons. The van der Waals surface area contributed by atoms with Crippen molar-refractivity contribution in [2.24, 2.45) is 0 Å². The van der Waals surface area contributed by atoms with Crippen LogP contribution in [-0.2, 0) is 9.59 Å². The van der Waals surface area contributed by atoms with Crippen LogP contribution < -0.4 is 11.1 Å². The second-order valence-corrected chi connectivity index (χ2v) is 5.08. The van der Waals surface area contributed by atoms with E-state index in [1.807, 2.05) is 13.0 Å². The van der Waals surface area contributed by atoms with Crippen LogP contribution in [0.5, 0.6) is 0 Å². The van der Waals surface area contributed by atoms with Crippen LogP contribution in [0.4, 0.5) is 11.4 Å². The second-order valence-electron chi connectivity index (χ2n) is 5.08. The van der Waals surface area contributed by atoms with Gasteiger partial charge in [-0.25, -0.2) is 0 Å². The van der Waals surface area contributed by atoms with Gasteiger partial charge in [-0.15, -0.1) is 0 Å². The van der Waals surface area contributed by atoms with E-state index in [4.69, 9.17) is 5.73 Å². The van der Waals surface area contributed by atoms with Crippen molar-refractivity contribution in [1.82, 2.24) is 9.80 Å². The lowest BCUT2D eigenvalue weighted by Crippen LogP contribution is -2.38. The molecule has 1 aromatic rings. The van der Waals surface area contributed by atoms with Crippen molar-refractivity contribution in [3.63, 3.8) is 0 Å². The molecule has 20 heavy (non-hydrogen) atoms. The monoisotopic (exact) mass is 278 g/mol. The van der Waals surface area contributed by atoms with Crippen LogP contribution in [0.15, 0.2) is 18.2 Å². The third-order valence-electron chi connectivity index (χ3n) is 2.85. The standard InChI is InChI=1S/C14H22N4O2/c1-10-5-6-11(15)7-12(10)16-13(19)8-18(4)9-14(20)17(2)3/h5-7H,8-9,15H2,1-4H3,(H,16,19). The lowest BCUT2D eigenvalue weighted by atomic mass is 10.2. The lowest BCUT2D eigenvalue weighted by molar-refractivity contribution is -0.130. The van der Waals surface area contributed by atoms with E-state index in [9.17, 15) is 9.59 Å². The molecule has 0 atom stereocenters. The van der Waals surface area contributed by atoms with Crippen molar-refractivity contribution in [3.8, 4) is 0 Å². The molecule has 0 heterocycles. The molecular formula is C14H22N4O2. The van der Waals surface area contributed by atoms with Crippen LogP contribution in [0.1, 0.15) is 5.56 Å². The number of rotatable bonds is 5. The first-order valence-corrected chi connectivity index (χ1v) is 6.34. The van der Waals surface area contributed by atoms with E-state index in [1.54, 1.807) is 38.2 Å². The molecule has 0 aliphatic rings. The van der Waals surface area contributed by atoms with Crippen LogP contribution in [-0.4, -0.2) is 55.8 Å². The van der Waals surface area contributed by atoms with Crippen LogP contribution in [0.2, 0.25) is 0 Å². The minimum atomic E-state index is -0.173. The van der Waals surface area contributed by atoms with Crippen LogP contribution in [0.25, 0.3) is 0 Å². The molecule has 0 saturated heterocycles. The molecule has 3 N–H and O–H groups in total. The molecule has 0 saturated carbocycles. The number of hydrogen-bond acceptors (Lipinski definition) is 4. The van der Waals surface area contributed by atoms with Crippen molar-refractivity contribution >= 4 is 23.2 Å². The third kappa shape index (κ3) is 4.89. The molecule has 0 aliphatic heterocycles. The summed E-state index contributed by atoms with van der Waals surface area (Å²) >= 11 is 0. The molecule has 110 valence electrons. The molecule has 0 spiro atoms. The average molecular weight is 278 g/mol. The first kappa shape index (κ1) is 16.0. The van der Waals surface area contributed by atoms with Crippen molar-refractivity contribution in [1.29, 1.82) is 0 Å². The Labute approximate surface area is 119 Å². The maximum atomic E-state index is 11.9. The number of nitrogens with zero attached hydrogens (tertiary/aromatic N) is 2. The van der Waals surface area contributed by atoms with Gasteiger partial charge in [0.25, 0.3) is 0 Å². The molecule has 1 rings (SSSR count). The molecule has 0 bridgehead atoms. The topological polar surface area (TPSA) is 78.7 Å². The van der Waals surface area contributed by atoms with E-state index in [0.717, 1.165) is 5.56 Å². The number of carbonyl (C=O) groups is 2. The zero-order chi connectivity index (χ0) is 15.3. The predicted molar refractivity (Wildman–Crippen MR) is 80.4 cm³/mol.